The van der Waals surface area contributed by atoms with E-state index in [0.717, 1.165) is 12.2 Å². The zero-order valence-electron chi connectivity index (χ0n) is 17.7. The topological polar surface area (TPSA) is 0 Å². The van der Waals surface area contributed by atoms with Crippen molar-refractivity contribution in [3.8, 4) is 0 Å². The molecule has 0 spiro atoms. The molecule has 1 atom stereocenters. The molecule has 0 fully saturated rings. The van der Waals surface area contributed by atoms with E-state index >= 15 is 0 Å². The molecule has 0 bridgehead atoms. The maximum Gasteiger partial charge on any atom is 0.168 e. The van der Waals surface area contributed by atoms with Gasteiger partial charge in [-0.2, -0.15) is 0 Å². The van der Waals surface area contributed by atoms with Crippen LogP contribution in [0.25, 0.3) is 6.08 Å². The van der Waals surface area contributed by atoms with Gasteiger partial charge in [0.1, 0.15) is 5.75 Å². The molecule has 29 heavy (non-hydrogen) atoms. The lowest BCUT2D eigenvalue weighted by molar-refractivity contribution is 1.23. The second-order valence-corrected chi connectivity index (χ2v) is 8.53. The first kappa shape index (κ1) is 22.6. The molecule has 0 radical (unpaired) electrons. The van der Waals surface area contributed by atoms with Gasteiger partial charge >= 0.3 is 0 Å². The molecule has 0 nitrogen and oxygen atoms in total. The Hall–Kier alpha value is -2.73. The van der Waals surface area contributed by atoms with Crippen molar-refractivity contribution < 1.29 is 0 Å². The van der Waals surface area contributed by atoms with Gasteiger partial charge in [0.05, 0.1) is 10.9 Å². The number of allylic oxidation sites excluding steroid dienone is 7. The maximum absolute atomic E-state index is 3.14. The highest BCUT2D eigenvalue weighted by atomic mass is 32.2. The summed E-state index contributed by atoms with van der Waals surface area (Å²) >= 11 is 0. The van der Waals surface area contributed by atoms with Crippen LogP contribution in [0.5, 0.6) is 0 Å². The second kappa shape index (κ2) is 13.4. The van der Waals surface area contributed by atoms with Gasteiger partial charge in [-0.1, -0.05) is 73.7 Å². The predicted molar refractivity (Wildman–Crippen MR) is 131 cm³/mol. The smallest absolute Gasteiger partial charge is 0.125 e. The fourth-order valence-corrected chi connectivity index (χ4v) is 4.99. The summed E-state index contributed by atoms with van der Waals surface area (Å²) in [4.78, 5) is 2.77. The van der Waals surface area contributed by atoms with Crippen molar-refractivity contribution in [2.45, 2.75) is 37.0 Å². The minimum Gasteiger partial charge on any atom is -0.125 e. The highest BCUT2D eigenvalue weighted by Gasteiger charge is 2.26. The van der Waals surface area contributed by atoms with Gasteiger partial charge in [0, 0.05) is 5.56 Å². The zero-order chi connectivity index (χ0) is 20.7. The molecule has 148 valence electrons. The lowest BCUT2D eigenvalue weighted by Crippen LogP contribution is -2.09. The minimum atomic E-state index is -0.0168. The number of hydrogen-bond acceptors (Lipinski definition) is 0. The van der Waals surface area contributed by atoms with Crippen molar-refractivity contribution in [1.29, 1.82) is 0 Å². The molecule has 1 heteroatoms. The van der Waals surface area contributed by atoms with Crippen LogP contribution in [0.3, 0.4) is 0 Å². The van der Waals surface area contributed by atoms with Crippen molar-refractivity contribution >= 4 is 17.0 Å². The van der Waals surface area contributed by atoms with E-state index in [1.807, 2.05) is 25.2 Å². The lowest BCUT2D eigenvalue weighted by Gasteiger charge is -2.11. The number of rotatable bonds is 9. The Morgan fingerprint density at radius 2 is 1.72 bits per heavy atom. The van der Waals surface area contributed by atoms with E-state index in [4.69, 9.17) is 0 Å². The van der Waals surface area contributed by atoms with Gasteiger partial charge < -0.3 is 0 Å². The first-order valence-electron chi connectivity index (χ1n) is 10.2. The van der Waals surface area contributed by atoms with Gasteiger partial charge in [-0.3, -0.25) is 0 Å². The molecule has 2 aromatic rings. The Morgan fingerprint density at radius 3 is 2.48 bits per heavy atom. The van der Waals surface area contributed by atoms with Gasteiger partial charge in [-0.25, -0.2) is 0 Å². The van der Waals surface area contributed by atoms with E-state index in [-0.39, 0.29) is 10.9 Å². The van der Waals surface area contributed by atoms with E-state index in [1.54, 1.807) is 0 Å². The summed E-state index contributed by atoms with van der Waals surface area (Å²) in [6.45, 7) is 6.35. The predicted octanol–water partition coefficient (Wildman–Crippen LogP) is 7.85. The van der Waals surface area contributed by atoms with E-state index in [2.05, 4.69) is 111 Å². The average Bonchev–Trinajstić information content (AvgIpc) is 2.75. The Balaban J connectivity index is 2.33. The Kier molecular flexibility index (Phi) is 10.5. The van der Waals surface area contributed by atoms with Crippen LogP contribution in [-0.4, -0.2) is 5.75 Å². The highest BCUT2D eigenvalue weighted by molar-refractivity contribution is 7.97. The van der Waals surface area contributed by atoms with Crippen LogP contribution in [-0.2, 0) is 10.9 Å². The van der Waals surface area contributed by atoms with Crippen LogP contribution in [0.2, 0.25) is 0 Å². The molecule has 2 rings (SSSR count). The normalized spacial score (nSPS) is 12.8. The molecule has 0 heterocycles. The van der Waals surface area contributed by atoms with E-state index in [0.29, 0.717) is 0 Å². The minimum absolute atomic E-state index is 0.0168. The maximum atomic E-state index is 3.14. The van der Waals surface area contributed by atoms with E-state index < -0.39 is 0 Å². The standard InChI is InChI=1S/C28H31S/c1-4-6-8-9-10-11-12-17-24-29(26-20-15-13-16-21-26)28-23-18-19-25(3)27(28)22-14-7-5-2/h5-7,9-23H,4,24H2,1-3H3/q+1/b7-5-,11-10+,17-12-,22-14-. The average molecular weight is 400 g/mol. The first-order valence-corrected chi connectivity index (χ1v) is 11.5. The van der Waals surface area contributed by atoms with Gasteiger partial charge in [0.2, 0.25) is 0 Å². The van der Waals surface area contributed by atoms with Crippen LogP contribution in [0.1, 0.15) is 31.4 Å². The van der Waals surface area contributed by atoms with Crippen LogP contribution >= 0.6 is 0 Å². The summed E-state index contributed by atoms with van der Waals surface area (Å²) in [7, 11) is -0.0168. The Morgan fingerprint density at radius 1 is 0.897 bits per heavy atom. The van der Waals surface area contributed by atoms with Crippen molar-refractivity contribution in [1.82, 2.24) is 0 Å². The van der Waals surface area contributed by atoms with Crippen LogP contribution in [0.15, 0.2) is 119 Å². The summed E-state index contributed by atoms with van der Waals surface area (Å²) < 4.78 is 0. The van der Waals surface area contributed by atoms with E-state index in [1.165, 1.54) is 20.9 Å². The SMILES string of the molecule is C/C=C\C=C/c1c(C)cccc1[S+](C/C=C\C=C\C=C=CCC)c1ccccc1. The molecule has 0 amide bonds. The summed E-state index contributed by atoms with van der Waals surface area (Å²) in [5.41, 5.74) is 5.78. The zero-order valence-corrected chi connectivity index (χ0v) is 18.5. The number of benzene rings is 2. The molecule has 0 saturated carbocycles. The second-order valence-electron chi connectivity index (χ2n) is 6.50. The summed E-state index contributed by atoms with van der Waals surface area (Å²) in [5.74, 6) is 0.983. The van der Waals surface area contributed by atoms with Crippen molar-refractivity contribution in [3.05, 3.63) is 120 Å². The molecule has 0 aliphatic rings. The largest absolute Gasteiger partial charge is 0.168 e. The molecular weight excluding hydrogens is 368 g/mol. The van der Waals surface area contributed by atoms with Gasteiger partial charge in [0.15, 0.2) is 9.79 Å². The fourth-order valence-electron chi connectivity index (χ4n) is 2.83. The molecule has 0 saturated heterocycles. The van der Waals surface area contributed by atoms with Crippen LogP contribution in [0.4, 0.5) is 0 Å². The van der Waals surface area contributed by atoms with Gasteiger partial charge in [-0.15, -0.1) is 5.73 Å². The third-order valence-electron chi connectivity index (χ3n) is 4.28. The fraction of sp³-hybridized carbons (Fsp3) is 0.179. The third-order valence-corrected chi connectivity index (χ3v) is 6.53. The first-order chi connectivity index (χ1) is 14.3. The monoisotopic (exact) mass is 399 g/mol. The van der Waals surface area contributed by atoms with Crippen LogP contribution < -0.4 is 0 Å². The van der Waals surface area contributed by atoms with Gasteiger partial charge in [0.25, 0.3) is 0 Å². The Bertz CT molecular complexity index is 920. The van der Waals surface area contributed by atoms with Crippen molar-refractivity contribution in [2.24, 2.45) is 0 Å². The molecular formula is C28H31S+. The van der Waals surface area contributed by atoms with Crippen LogP contribution in [0, 0.1) is 6.92 Å². The summed E-state index contributed by atoms with van der Waals surface area (Å²) in [6.07, 6.45) is 22.0. The van der Waals surface area contributed by atoms with Crippen molar-refractivity contribution in [3.63, 3.8) is 0 Å². The highest BCUT2D eigenvalue weighted by Crippen LogP contribution is 2.29. The molecule has 0 aliphatic heterocycles. The summed E-state index contributed by atoms with van der Waals surface area (Å²) in [6, 6.07) is 17.5. The van der Waals surface area contributed by atoms with Gasteiger partial charge in [-0.05, 0) is 68.3 Å². The lowest BCUT2D eigenvalue weighted by atomic mass is 10.1. The molecule has 2 aromatic carbocycles. The van der Waals surface area contributed by atoms with Crippen molar-refractivity contribution in [2.75, 3.05) is 5.75 Å². The molecule has 0 N–H and O–H groups in total. The molecule has 0 aliphatic carbocycles. The van der Waals surface area contributed by atoms with E-state index in [9.17, 15) is 0 Å². The Labute approximate surface area is 179 Å². The third kappa shape index (κ3) is 7.66. The summed E-state index contributed by atoms with van der Waals surface area (Å²) in [5, 5.41) is 0. The molecule has 1 unspecified atom stereocenters. The quantitative estimate of drug-likeness (QED) is 0.229. The number of aryl methyl sites for hydroxylation is 1. The number of hydrogen-bond donors (Lipinski definition) is 0. The molecule has 0 aromatic heterocycles.